The maximum Gasteiger partial charge on any atom is 0.194 e. The number of aromatic nitrogens is 2. The number of halogens is 1. The van der Waals surface area contributed by atoms with Crippen LogP contribution in [-0.2, 0) is 6.54 Å². The summed E-state index contributed by atoms with van der Waals surface area (Å²) in [5.74, 6) is 0.308. The smallest absolute Gasteiger partial charge is 0.194 e. The molecule has 0 radical (unpaired) electrons. The molecule has 0 saturated heterocycles. The number of aliphatic hydroxyl groups is 1. The van der Waals surface area contributed by atoms with Crippen LogP contribution in [-0.4, -0.2) is 21.0 Å². The molecule has 120 valence electrons. The van der Waals surface area contributed by atoms with Crippen LogP contribution >= 0.6 is 11.3 Å². The van der Waals surface area contributed by atoms with Crippen LogP contribution in [0, 0.1) is 5.82 Å². The summed E-state index contributed by atoms with van der Waals surface area (Å²) in [4.78, 5) is 5.77. The minimum absolute atomic E-state index is 0.290. The van der Waals surface area contributed by atoms with Gasteiger partial charge >= 0.3 is 0 Å². The standard InChI is InChI=1S/C17H18FN3OS/c18-13-5-3-11(4-6-13)15(22)10-19-9-14-16(12-1-2-12)20-17-21(14)7-8-23-17/h3-8,12,15,19,22H,1-2,9-10H2. The summed E-state index contributed by atoms with van der Waals surface area (Å²) in [5.41, 5.74) is 3.10. The van der Waals surface area contributed by atoms with Crippen LogP contribution in [0.5, 0.6) is 0 Å². The molecule has 2 aromatic heterocycles. The van der Waals surface area contributed by atoms with Gasteiger partial charge in [0.25, 0.3) is 0 Å². The summed E-state index contributed by atoms with van der Waals surface area (Å²) in [7, 11) is 0. The minimum Gasteiger partial charge on any atom is -0.387 e. The molecule has 1 aliphatic rings. The number of aliphatic hydroxyl groups excluding tert-OH is 1. The van der Waals surface area contributed by atoms with Gasteiger partial charge in [-0.05, 0) is 30.5 Å². The van der Waals surface area contributed by atoms with Gasteiger partial charge in [0.2, 0.25) is 0 Å². The number of rotatable bonds is 6. The number of nitrogens with one attached hydrogen (secondary N) is 1. The number of thiazole rings is 1. The first-order valence-corrected chi connectivity index (χ1v) is 8.69. The number of imidazole rings is 1. The fraction of sp³-hybridized carbons (Fsp3) is 0.353. The molecule has 6 heteroatoms. The predicted octanol–water partition coefficient (Wildman–Crippen LogP) is 3.24. The molecule has 0 aliphatic heterocycles. The summed E-state index contributed by atoms with van der Waals surface area (Å²) < 4.78 is 15.1. The van der Waals surface area contributed by atoms with Crippen LogP contribution in [0.1, 0.15) is 41.8 Å². The molecular formula is C17H18FN3OS. The number of hydrogen-bond acceptors (Lipinski definition) is 4. The van der Waals surface area contributed by atoms with E-state index in [-0.39, 0.29) is 5.82 Å². The third-order valence-corrected chi connectivity index (χ3v) is 5.00. The van der Waals surface area contributed by atoms with E-state index in [0.717, 1.165) is 10.5 Å². The van der Waals surface area contributed by atoms with Gasteiger partial charge in [0.1, 0.15) is 5.82 Å². The zero-order valence-electron chi connectivity index (χ0n) is 12.6. The summed E-state index contributed by atoms with van der Waals surface area (Å²) in [6, 6.07) is 5.98. The Labute approximate surface area is 137 Å². The second kappa shape index (κ2) is 6.03. The highest BCUT2D eigenvalue weighted by molar-refractivity contribution is 7.15. The average molecular weight is 331 g/mol. The zero-order chi connectivity index (χ0) is 15.8. The Hall–Kier alpha value is -1.76. The summed E-state index contributed by atoms with van der Waals surface area (Å²) >= 11 is 1.64. The minimum atomic E-state index is -0.647. The molecule has 3 aromatic rings. The van der Waals surface area contributed by atoms with E-state index < -0.39 is 6.10 Å². The lowest BCUT2D eigenvalue weighted by atomic mass is 10.1. The van der Waals surface area contributed by atoms with Crippen molar-refractivity contribution in [2.75, 3.05) is 6.54 Å². The fourth-order valence-corrected chi connectivity index (χ4v) is 3.58. The van der Waals surface area contributed by atoms with E-state index in [1.165, 1.54) is 36.4 Å². The Morgan fingerprint density at radius 2 is 2.13 bits per heavy atom. The molecule has 1 unspecified atom stereocenters. The maximum atomic E-state index is 12.9. The van der Waals surface area contributed by atoms with Gasteiger partial charge < -0.3 is 10.4 Å². The summed E-state index contributed by atoms with van der Waals surface area (Å²) in [6.07, 6.45) is 3.84. The van der Waals surface area contributed by atoms with E-state index in [4.69, 9.17) is 4.98 Å². The van der Waals surface area contributed by atoms with E-state index in [9.17, 15) is 9.50 Å². The van der Waals surface area contributed by atoms with Crippen molar-refractivity contribution in [2.24, 2.45) is 0 Å². The Balaban J connectivity index is 1.43. The Bertz CT molecular complexity index is 807. The molecule has 0 bridgehead atoms. The number of hydrogen-bond donors (Lipinski definition) is 2. The molecule has 1 aliphatic carbocycles. The second-order valence-corrected chi connectivity index (χ2v) is 6.84. The molecule has 2 N–H and O–H groups in total. The van der Waals surface area contributed by atoms with E-state index in [0.29, 0.717) is 19.0 Å². The molecular weight excluding hydrogens is 313 g/mol. The van der Waals surface area contributed by atoms with Gasteiger partial charge in [-0.15, -0.1) is 11.3 Å². The highest BCUT2D eigenvalue weighted by Crippen LogP contribution is 2.41. The predicted molar refractivity (Wildman–Crippen MR) is 88.1 cm³/mol. The number of fused-ring (bicyclic) bond motifs is 1. The van der Waals surface area contributed by atoms with Crippen molar-refractivity contribution in [3.05, 3.63) is 58.6 Å². The first-order chi connectivity index (χ1) is 11.2. The van der Waals surface area contributed by atoms with Crippen molar-refractivity contribution in [2.45, 2.75) is 31.4 Å². The summed E-state index contributed by atoms with van der Waals surface area (Å²) in [6.45, 7) is 1.09. The number of benzene rings is 1. The Morgan fingerprint density at radius 1 is 1.35 bits per heavy atom. The zero-order valence-corrected chi connectivity index (χ0v) is 13.4. The maximum absolute atomic E-state index is 12.9. The van der Waals surface area contributed by atoms with Gasteiger partial charge in [-0.2, -0.15) is 0 Å². The molecule has 0 spiro atoms. The lowest BCUT2D eigenvalue weighted by molar-refractivity contribution is 0.174. The molecule has 1 atom stereocenters. The van der Waals surface area contributed by atoms with Gasteiger partial charge in [0, 0.05) is 30.6 Å². The Morgan fingerprint density at radius 3 is 2.87 bits per heavy atom. The number of nitrogens with zero attached hydrogens (tertiary/aromatic N) is 2. The van der Waals surface area contributed by atoms with Crippen LogP contribution in [0.4, 0.5) is 4.39 Å². The van der Waals surface area contributed by atoms with Crippen molar-refractivity contribution >= 4 is 16.3 Å². The third-order valence-electron chi connectivity index (χ3n) is 4.24. The van der Waals surface area contributed by atoms with Crippen molar-refractivity contribution in [1.29, 1.82) is 0 Å². The highest BCUT2D eigenvalue weighted by atomic mass is 32.1. The van der Waals surface area contributed by atoms with Crippen LogP contribution in [0.15, 0.2) is 35.8 Å². The molecule has 4 rings (SSSR count). The van der Waals surface area contributed by atoms with Crippen LogP contribution in [0.2, 0.25) is 0 Å². The topological polar surface area (TPSA) is 49.6 Å². The first kappa shape index (κ1) is 14.8. The van der Waals surface area contributed by atoms with Crippen LogP contribution in [0.3, 0.4) is 0 Å². The molecule has 1 aromatic carbocycles. The fourth-order valence-electron chi connectivity index (χ4n) is 2.84. The van der Waals surface area contributed by atoms with E-state index >= 15 is 0 Å². The van der Waals surface area contributed by atoms with Gasteiger partial charge in [-0.1, -0.05) is 12.1 Å². The lowest BCUT2D eigenvalue weighted by Crippen LogP contribution is -2.22. The third kappa shape index (κ3) is 3.02. The van der Waals surface area contributed by atoms with Gasteiger partial charge in [0.05, 0.1) is 17.5 Å². The molecule has 1 saturated carbocycles. The normalized spacial score (nSPS) is 16.1. The molecule has 0 amide bonds. The summed E-state index contributed by atoms with van der Waals surface area (Å²) in [5, 5.41) is 15.5. The van der Waals surface area contributed by atoms with E-state index in [1.807, 2.05) is 11.6 Å². The van der Waals surface area contributed by atoms with E-state index in [1.54, 1.807) is 23.5 Å². The van der Waals surface area contributed by atoms with Crippen LogP contribution < -0.4 is 5.32 Å². The SMILES string of the molecule is OC(CNCc1c(C2CC2)nc2sccn12)c1ccc(F)cc1. The van der Waals surface area contributed by atoms with Crippen molar-refractivity contribution in [1.82, 2.24) is 14.7 Å². The van der Waals surface area contributed by atoms with Crippen molar-refractivity contribution in [3.63, 3.8) is 0 Å². The molecule has 4 nitrogen and oxygen atoms in total. The quantitative estimate of drug-likeness (QED) is 0.729. The van der Waals surface area contributed by atoms with E-state index in [2.05, 4.69) is 9.72 Å². The average Bonchev–Trinajstić information content (AvgIpc) is 3.19. The Kier molecular flexibility index (Phi) is 3.88. The monoisotopic (exact) mass is 331 g/mol. The second-order valence-electron chi connectivity index (χ2n) is 5.97. The van der Waals surface area contributed by atoms with Crippen LogP contribution in [0.25, 0.3) is 4.96 Å². The van der Waals surface area contributed by atoms with Gasteiger partial charge in [0.15, 0.2) is 4.96 Å². The van der Waals surface area contributed by atoms with Gasteiger partial charge in [-0.25, -0.2) is 9.37 Å². The molecule has 1 fully saturated rings. The van der Waals surface area contributed by atoms with Crippen molar-refractivity contribution in [3.8, 4) is 0 Å². The van der Waals surface area contributed by atoms with Crippen molar-refractivity contribution < 1.29 is 9.50 Å². The molecule has 23 heavy (non-hydrogen) atoms. The van der Waals surface area contributed by atoms with Gasteiger partial charge in [-0.3, -0.25) is 4.40 Å². The molecule has 2 heterocycles. The lowest BCUT2D eigenvalue weighted by Gasteiger charge is -2.12. The highest BCUT2D eigenvalue weighted by Gasteiger charge is 2.30. The largest absolute Gasteiger partial charge is 0.387 e. The first-order valence-electron chi connectivity index (χ1n) is 7.81.